The van der Waals surface area contributed by atoms with Crippen LogP contribution in [-0.2, 0) is 0 Å². The Morgan fingerprint density at radius 1 is 1.17 bits per heavy atom. The maximum Gasteiger partial charge on any atom is 0.254 e. The highest BCUT2D eigenvalue weighted by Gasteiger charge is 2.22. The molecular weight excluding hydrogens is 383 g/mol. The van der Waals surface area contributed by atoms with Crippen molar-refractivity contribution in [1.82, 2.24) is 9.97 Å². The Balaban J connectivity index is 1.62. The molecule has 1 aromatic heterocycles. The first kappa shape index (κ1) is 20.5. The molecule has 1 saturated carbocycles. The number of piperidine rings is 1. The van der Waals surface area contributed by atoms with Gasteiger partial charge in [-0.3, -0.25) is 4.79 Å². The molecule has 0 spiro atoms. The van der Waals surface area contributed by atoms with Crippen molar-refractivity contribution in [1.29, 1.82) is 0 Å². The van der Waals surface area contributed by atoms with Crippen LogP contribution in [0, 0.1) is 5.82 Å². The number of halogens is 1. The lowest BCUT2D eigenvalue weighted by Gasteiger charge is -2.31. The zero-order chi connectivity index (χ0) is 21.1. The molecule has 2 aromatic rings. The molecule has 1 saturated heterocycles. The smallest absolute Gasteiger partial charge is 0.254 e. The maximum atomic E-state index is 14.5. The van der Waals surface area contributed by atoms with Crippen LogP contribution < -0.4 is 21.7 Å². The fourth-order valence-corrected chi connectivity index (χ4v) is 4.48. The van der Waals surface area contributed by atoms with Crippen LogP contribution >= 0.6 is 0 Å². The highest BCUT2D eigenvalue weighted by molar-refractivity contribution is 5.98. The monoisotopic (exact) mass is 412 g/mol. The zero-order valence-electron chi connectivity index (χ0n) is 17.1. The van der Waals surface area contributed by atoms with Crippen LogP contribution in [0.1, 0.15) is 66.8 Å². The molecule has 160 valence electrons. The lowest BCUT2D eigenvalue weighted by molar-refractivity contribution is 0.100. The fourth-order valence-electron chi connectivity index (χ4n) is 4.48. The molecule has 0 radical (unpaired) electrons. The number of rotatable bonds is 5. The number of benzene rings is 1. The standard InChI is InChI=1S/C22H29FN6O/c23-19-9-8-16(11-17(19)14-5-2-1-3-6-14)27-21-18(20(25)30)12-26-22(28-21)29-10-4-7-15(24)13-29/h8-9,11-12,14-15H,1-7,10,13,24H2,(H2,25,30)(H,26,27,28)/t15-/m0/s1. The molecule has 4 rings (SSSR count). The summed E-state index contributed by atoms with van der Waals surface area (Å²) in [6.45, 7) is 1.48. The molecule has 1 aliphatic heterocycles. The summed E-state index contributed by atoms with van der Waals surface area (Å²) in [6, 6.07) is 5.03. The van der Waals surface area contributed by atoms with Gasteiger partial charge in [-0.2, -0.15) is 4.98 Å². The number of nitrogens with two attached hydrogens (primary N) is 2. The molecule has 1 amide bonds. The van der Waals surface area contributed by atoms with Crippen molar-refractivity contribution < 1.29 is 9.18 Å². The quantitative estimate of drug-likeness (QED) is 0.694. The van der Waals surface area contributed by atoms with Crippen LogP contribution in [0.15, 0.2) is 24.4 Å². The number of nitrogens with one attached hydrogen (secondary N) is 1. The van der Waals surface area contributed by atoms with Crippen LogP contribution in [0.3, 0.4) is 0 Å². The Hall–Kier alpha value is -2.74. The Kier molecular flexibility index (Phi) is 6.13. The second kappa shape index (κ2) is 8.95. The molecule has 30 heavy (non-hydrogen) atoms. The number of anilines is 3. The first-order chi connectivity index (χ1) is 14.5. The SMILES string of the molecule is NC(=O)c1cnc(N2CCC[C@H](N)C2)nc1Nc1ccc(F)c(C2CCCCC2)c1. The zero-order valence-corrected chi connectivity index (χ0v) is 17.1. The van der Waals surface area contributed by atoms with Gasteiger partial charge in [0.1, 0.15) is 17.2 Å². The van der Waals surface area contributed by atoms with Gasteiger partial charge >= 0.3 is 0 Å². The largest absolute Gasteiger partial charge is 0.365 e. The topological polar surface area (TPSA) is 110 Å². The van der Waals surface area contributed by atoms with E-state index in [0.717, 1.165) is 50.6 Å². The van der Waals surface area contributed by atoms with Crippen LogP contribution in [0.25, 0.3) is 0 Å². The Bertz CT molecular complexity index is 914. The van der Waals surface area contributed by atoms with Crippen molar-refractivity contribution in [3.63, 3.8) is 0 Å². The van der Waals surface area contributed by atoms with Crippen LogP contribution in [0.5, 0.6) is 0 Å². The van der Waals surface area contributed by atoms with Gasteiger partial charge in [0, 0.05) is 31.0 Å². The summed E-state index contributed by atoms with van der Waals surface area (Å²) in [5.74, 6) is 0.259. The number of carbonyl (C=O) groups excluding carboxylic acids is 1. The molecule has 5 N–H and O–H groups in total. The van der Waals surface area contributed by atoms with Crippen LogP contribution in [-0.4, -0.2) is 35.0 Å². The van der Waals surface area contributed by atoms with Crippen molar-refractivity contribution in [2.75, 3.05) is 23.3 Å². The fraction of sp³-hybridized carbons (Fsp3) is 0.500. The van der Waals surface area contributed by atoms with Crippen LogP contribution in [0.4, 0.5) is 21.8 Å². The average Bonchev–Trinajstić information content (AvgIpc) is 2.75. The predicted molar refractivity (Wildman–Crippen MR) is 115 cm³/mol. The number of amides is 1. The van der Waals surface area contributed by atoms with E-state index in [1.807, 2.05) is 11.0 Å². The molecule has 1 aromatic carbocycles. The molecular formula is C22H29FN6O. The van der Waals surface area contributed by atoms with Gasteiger partial charge in [0.15, 0.2) is 0 Å². The molecule has 0 unspecified atom stereocenters. The van der Waals surface area contributed by atoms with Crippen molar-refractivity contribution in [3.8, 4) is 0 Å². The highest BCUT2D eigenvalue weighted by atomic mass is 19.1. The van der Waals surface area contributed by atoms with E-state index in [-0.39, 0.29) is 23.3 Å². The van der Waals surface area contributed by atoms with Crippen LogP contribution in [0.2, 0.25) is 0 Å². The summed E-state index contributed by atoms with van der Waals surface area (Å²) in [7, 11) is 0. The summed E-state index contributed by atoms with van der Waals surface area (Å²) >= 11 is 0. The summed E-state index contributed by atoms with van der Waals surface area (Å²) in [6.07, 6.45) is 8.84. The number of hydrogen-bond acceptors (Lipinski definition) is 6. The minimum Gasteiger partial charge on any atom is -0.365 e. The Morgan fingerprint density at radius 2 is 1.97 bits per heavy atom. The van der Waals surface area contributed by atoms with Crippen molar-refractivity contribution in [2.24, 2.45) is 11.5 Å². The van der Waals surface area contributed by atoms with Gasteiger partial charge in [0.25, 0.3) is 5.91 Å². The molecule has 7 nitrogen and oxygen atoms in total. The first-order valence-corrected chi connectivity index (χ1v) is 10.7. The van der Waals surface area contributed by atoms with E-state index in [9.17, 15) is 9.18 Å². The van der Waals surface area contributed by atoms with E-state index in [1.165, 1.54) is 18.7 Å². The molecule has 8 heteroatoms. The Labute approximate surface area is 176 Å². The van der Waals surface area contributed by atoms with Crippen molar-refractivity contribution >= 4 is 23.4 Å². The number of primary amides is 1. The summed E-state index contributed by atoms with van der Waals surface area (Å²) in [4.78, 5) is 22.8. The normalized spacial score (nSPS) is 20.2. The third-order valence-electron chi connectivity index (χ3n) is 6.09. The summed E-state index contributed by atoms with van der Waals surface area (Å²) < 4.78 is 14.5. The molecule has 0 bridgehead atoms. The van der Waals surface area contributed by atoms with Gasteiger partial charge < -0.3 is 21.7 Å². The molecule has 2 aliphatic rings. The molecule has 2 fully saturated rings. The van der Waals surface area contributed by atoms with Gasteiger partial charge in [-0.25, -0.2) is 9.37 Å². The summed E-state index contributed by atoms with van der Waals surface area (Å²) in [5, 5.41) is 3.17. The van der Waals surface area contributed by atoms with Gasteiger partial charge in [-0.15, -0.1) is 0 Å². The van der Waals surface area contributed by atoms with Gasteiger partial charge in [0.2, 0.25) is 5.95 Å². The van der Waals surface area contributed by atoms with Gasteiger partial charge in [0.05, 0.1) is 0 Å². The maximum absolute atomic E-state index is 14.5. The molecule has 2 heterocycles. The van der Waals surface area contributed by atoms with E-state index in [4.69, 9.17) is 11.5 Å². The van der Waals surface area contributed by atoms with Gasteiger partial charge in [-0.1, -0.05) is 19.3 Å². The third kappa shape index (κ3) is 4.53. The minimum atomic E-state index is -0.617. The Morgan fingerprint density at radius 3 is 2.70 bits per heavy atom. The third-order valence-corrected chi connectivity index (χ3v) is 6.09. The van der Waals surface area contributed by atoms with Crippen molar-refractivity contribution in [3.05, 3.63) is 41.3 Å². The second-order valence-electron chi connectivity index (χ2n) is 8.34. The van der Waals surface area contributed by atoms with Gasteiger partial charge in [-0.05, 0) is 55.4 Å². The number of hydrogen-bond donors (Lipinski definition) is 3. The van der Waals surface area contributed by atoms with E-state index in [2.05, 4.69) is 15.3 Å². The molecule has 1 aliphatic carbocycles. The lowest BCUT2D eigenvalue weighted by Crippen LogP contribution is -2.43. The predicted octanol–water partition coefficient (Wildman–Crippen LogP) is 3.43. The number of carbonyl (C=O) groups is 1. The van der Waals surface area contributed by atoms with E-state index in [1.54, 1.807) is 6.07 Å². The highest BCUT2D eigenvalue weighted by Crippen LogP contribution is 2.35. The van der Waals surface area contributed by atoms with Crippen molar-refractivity contribution in [2.45, 2.75) is 56.9 Å². The second-order valence-corrected chi connectivity index (χ2v) is 8.34. The van der Waals surface area contributed by atoms with E-state index < -0.39 is 5.91 Å². The number of aromatic nitrogens is 2. The van der Waals surface area contributed by atoms with E-state index >= 15 is 0 Å². The average molecular weight is 413 g/mol. The minimum absolute atomic E-state index is 0.0738. The number of nitrogens with zero attached hydrogens (tertiary/aromatic N) is 3. The molecule has 1 atom stereocenters. The lowest BCUT2D eigenvalue weighted by atomic mass is 9.84. The van der Waals surface area contributed by atoms with E-state index in [0.29, 0.717) is 24.0 Å². The summed E-state index contributed by atoms with van der Waals surface area (Å²) in [5.41, 5.74) is 13.2. The first-order valence-electron chi connectivity index (χ1n) is 10.7.